The number of hydrogen-bond acceptors (Lipinski definition) is 4. The molecule has 3 atom stereocenters. The zero-order valence-electron chi connectivity index (χ0n) is 10.8. The van der Waals surface area contributed by atoms with Gasteiger partial charge in [0.15, 0.2) is 0 Å². The Kier molecular flexibility index (Phi) is 7.29. The lowest BCUT2D eigenvalue weighted by molar-refractivity contribution is -0.124. The van der Waals surface area contributed by atoms with Gasteiger partial charge in [-0.1, -0.05) is 13.8 Å². The summed E-state index contributed by atoms with van der Waals surface area (Å²) < 4.78 is 21.9. The molecular formula is C9H20NO7P2+. The molecule has 0 heterocycles. The zero-order valence-corrected chi connectivity index (χ0v) is 12.6. The van der Waals surface area contributed by atoms with Crippen molar-refractivity contribution in [3.63, 3.8) is 0 Å². The van der Waals surface area contributed by atoms with Crippen LogP contribution in [0.15, 0.2) is 0 Å². The molecule has 0 bridgehead atoms. The van der Waals surface area contributed by atoms with Gasteiger partial charge in [0.2, 0.25) is 5.91 Å². The molecule has 19 heavy (non-hydrogen) atoms. The first kappa shape index (κ1) is 18.6. The average Bonchev–Trinajstić information content (AvgIpc) is 2.31. The Morgan fingerprint density at radius 2 is 2.00 bits per heavy atom. The third-order valence-electron chi connectivity index (χ3n) is 2.82. The summed E-state index contributed by atoms with van der Waals surface area (Å²) in [7, 11) is -8.58. The van der Waals surface area contributed by atoms with E-state index >= 15 is 0 Å². The van der Waals surface area contributed by atoms with Gasteiger partial charge in [0.05, 0.1) is 0 Å². The van der Waals surface area contributed by atoms with E-state index in [4.69, 9.17) is 14.7 Å². The molecule has 0 saturated heterocycles. The van der Waals surface area contributed by atoms with Crippen molar-refractivity contribution in [2.75, 3.05) is 6.54 Å². The third kappa shape index (κ3) is 5.26. The fourth-order valence-electron chi connectivity index (χ4n) is 1.25. The van der Waals surface area contributed by atoms with Gasteiger partial charge in [-0.15, -0.1) is 0 Å². The standard InChI is InChI=1S/C9H19NO7P2/c1-3-7(2)8(11)10-6-4-5-9(12,18(13)14)19(15,16)17/h7,12H,3-6H2,1-2H3,(H3-,10,11,13,14,15,16,17)/p+1. The monoisotopic (exact) mass is 316 g/mol. The summed E-state index contributed by atoms with van der Waals surface area (Å²) in [5.74, 6) is -0.397. The molecule has 3 unspecified atom stereocenters. The summed E-state index contributed by atoms with van der Waals surface area (Å²) in [4.78, 5) is 38.0. The lowest BCUT2D eigenvalue weighted by Crippen LogP contribution is -2.31. The molecule has 0 spiro atoms. The molecule has 0 aromatic rings. The molecule has 0 aromatic heterocycles. The van der Waals surface area contributed by atoms with Crippen LogP contribution in [0.2, 0.25) is 0 Å². The zero-order chi connectivity index (χ0) is 15.3. The summed E-state index contributed by atoms with van der Waals surface area (Å²) in [5, 5.41) is 9.10. The van der Waals surface area contributed by atoms with Gasteiger partial charge in [0.25, 0.3) is 0 Å². The van der Waals surface area contributed by atoms with Crippen LogP contribution in [0.3, 0.4) is 0 Å². The van der Waals surface area contributed by atoms with Crippen LogP contribution in [0.4, 0.5) is 0 Å². The minimum absolute atomic E-state index is 0.0224. The second-order valence-electron chi connectivity index (χ2n) is 4.30. The topological polar surface area (TPSA) is 144 Å². The number of carbonyl (C=O) groups excluding carboxylic acids is 1. The smallest absolute Gasteiger partial charge is 0.356 e. The Morgan fingerprint density at radius 1 is 1.47 bits per heavy atom. The van der Waals surface area contributed by atoms with Crippen molar-refractivity contribution in [3.8, 4) is 0 Å². The fraction of sp³-hybridized carbons (Fsp3) is 0.889. The van der Waals surface area contributed by atoms with Crippen LogP contribution in [0.1, 0.15) is 33.1 Å². The molecule has 10 heteroatoms. The van der Waals surface area contributed by atoms with Crippen molar-refractivity contribution in [2.24, 2.45) is 5.92 Å². The molecule has 0 radical (unpaired) electrons. The first-order chi connectivity index (χ1) is 8.56. The highest BCUT2D eigenvalue weighted by molar-refractivity contribution is 7.66. The highest BCUT2D eigenvalue weighted by Gasteiger charge is 2.62. The minimum atomic E-state index is -5.12. The van der Waals surface area contributed by atoms with Crippen molar-refractivity contribution in [3.05, 3.63) is 0 Å². The van der Waals surface area contributed by atoms with Crippen LogP contribution in [-0.2, 0) is 13.9 Å². The largest absolute Gasteiger partial charge is 0.554 e. The maximum Gasteiger partial charge on any atom is 0.554 e. The number of aliphatic hydroxyl groups is 1. The fourth-order valence-corrected chi connectivity index (χ4v) is 2.94. The Balaban J connectivity index is 4.36. The lowest BCUT2D eigenvalue weighted by Gasteiger charge is -2.16. The second-order valence-corrected chi connectivity index (χ2v) is 7.76. The van der Waals surface area contributed by atoms with Crippen molar-refractivity contribution in [1.82, 2.24) is 5.32 Å². The number of hydrogen-bond donors (Lipinski definition) is 5. The number of amides is 1. The number of rotatable bonds is 8. The molecule has 0 aliphatic carbocycles. The summed E-state index contributed by atoms with van der Waals surface area (Å²) in [6.07, 6.45) is 0.0515. The average molecular weight is 316 g/mol. The van der Waals surface area contributed by atoms with Gasteiger partial charge < -0.3 is 20.2 Å². The van der Waals surface area contributed by atoms with Gasteiger partial charge in [-0.25, -0.2) is 0 Å². The van der Waals surface area contributed by atoms with E-state index in [0.717, 1.165) is 0 Å². The maximum absolute atomic E-state index is 11.4. The minimum Gasteiger partial charge on any atom is -0.356 e. The van der Waals surface area contributed by atoms with E-state index in [0.29, 0.717) is 6.42 Å². The van der Waals surface area contributed by atoms with Crippen LogP contribution < -0.4 is 5.32 Å². The van der Waals surface area contributed by atoms with Crippen LogP contribution in [0, 0.1) is 5.92 Å². The maximum atomic E-state index is 11.4. The highest BCUT2D eigenvalue weighted by Crippen LogP contribution is 2.61. The van der Waals surface area contributed by atoms with E-state index in [-0.39, 0.29) is 24.8 Å². The van der Waals surface area contributed by atoms with E-state index in [9.17, 15) is 19.0 Å². The van der Waals surface area contributed by atoms with Crippen LogP contribution in [-0.4, -0.2) is 37.3 Å². The molecule has 0 fully saturated rings. The van der Waals surface area contributed by atoms with Gasteiger partial charge in [-0.2, -0.15) is 4.89 Å². The summed E-state index contributed by atoms with van der Waals surface area (Å²) in [6, 6.07) is 0. The van der Waals surface area contributed by atoms with Crippen molar-refractivity contribution in [1.29, 1.82) is 0 Å². The first-order valence-corrected chi connectivity index (χ1v) is 8.60. The number of nitrogens with one attached hydrogen (secondary N) is 1. The molecular weight excluding hydrogens is 296 g/mol. The normalized spacial score (nSPS) is 17.5. The predicted octanol–water partition coefficient (Wildman–Crippen LogP) is 0.487. The van der Waals surface area contributed by atoms with Gasteiger partial charge in [0, 0.05) is 18.9 Å². The SMILES string of the molecule is CCC(C)C(=O)NCCCC(O)([P+](=O)O)P(=O)(O)O. The molecule has 8 nitrogen and oxygen atoms in total. The summed E-state index contributed by atoms with van der Waals surface area (Å²) in [5.41, 5.74) is 0. The lowest BCUT2D eigenvalue weighted by atomic mass is 10.1. The molecule has 0 aliphatic rings. The molecule has 0 aromatic carbocycles. The molecule has 5 N–H and O–H groups in total. The Morgan fingerprint density at radius 3 is 2.37 bits per heavy atom. The first-order valence-electron chi connectivity index (χ1n) is 5.78. The molecule has 0 rings (SSSR count). The Bertz CT molecular complexity index is 383. The predicted molar refractivity (Wildman–Crippen MR) is 68.5 cm³/mol. The van der Waals surface area contributed by atoms with Gasteiger partial charge in [-0.3, -0.25) is 9.36 Å². The third-order valence-corrected chi connectivity index (χ3v) is 6.11. The van der Waals surface area contributed by atoms with E-state index in [1.54, 1.807) is 6.92 Å². The second kappa shape index (κ2) is 7.43. The van der Waals surface area contributed by atoms with E-state index < -0.39 is 27.1 Å². The molecule has 112 valence electrons. The van der Waals surface area contributed by atoms with Crippen LogP contribution in [0.5, 0.6) is 0 Å². The Labute approximate surface area is 112 Å². The molecule has 0 saturated carbocycles. The van der Waals surface area contributed by atoms with Crippen molar-refractivity contribution < 1.29 is 33.7 Å². The van der Waals surface area contributed by atoms with E-state index in [1.807, 2.05) is 6.92 Å². The quantitative estimate of drug-likeness (QED) is 0.323. The van der Waals surface area contributed by atoms with E-state index in [2.05, 4.69) is 5.32 Å². The van der Waals surface area contributed by atoms with Crippen molar-refractivity contribution in [2.45, 2.75) is 38.2 Å². The van der Waals surface area contributed by atoms with E-state index in [1.165, 1.54) is 0 Å². The molecule has 1 amide bonds. The van der Waals surface area contributed by atoms with Crippen molar-refractivity contribution >= 4 is 21.5 Å². The Hall–Kier alpha value is -0.360. The number of carbonyl (C=O) groups is 1. The van der Waals surface area contributed by atoms with Gasteiger partial charge in [-0.05, 0) is 17.4 Å². The highest BCUT2D eigenvalue weighted by atomic mass is 31.2. The van der Waals surface area contributed by atoms with Crippen LogP contribution in [0.25, 0.3) is 0 Å². The van der Waals surface area contributed by atoms with Gasteiger partial charge >= 0.3 is 20.7 Å². The van der Waals surface area contributed by atoms with Crippen LogP contribution >= 0.6 is 15.6 Å². The molecule has 0 aliphatic heterocycles. The summed E-state index contributed by atoms with van der Waals surface area (Å²) >= 11 is 0. The summed E-state index contributed by atoms with van der Waals surface area (Å²) in [6.45, 7) is 3.63. The van der Waals surface area contributed by atoms with Gasteiger partial charge in [0.1, 0.15) is 0 Å².